The zero-order chi connectivity index (χ0) is 19.1. The summed E-state index contributed by atoms with van der Waals surface area (Å²) < 4.78 is 11.8. The lowest BCUT2D eigenvalue weighted by Crippen LogP contribution is -2.38. The standard InChI is InChI=1S/C20H24N2O5/c1-4-14-16(19(23)26-20(24)25-5-2)18-17-13(10-11-22(14)27-18)12-8-6-7-9-15(12)21(17)3/h6-9,14,16,18H,4-5,10-11H2,1-3H3/t14-,16+,18-/m1/s1. The van der Waals surface area contributed by atoms with E-state index in [1.807, 2.05) is 31.2 Å². The lowest BCUT2D eigenvalue weighted by molar-refractivity contribution is -0.163. The van der Waals surface area contributed by atoms with Crippen LogP contribution >= 0.6 is 0 Å². The molecule has 0 radical (unpaired) electrons. The summed E-state index contributed by atoms with van der Waals surface area (Å²) in [5.74, 6) is -1.17. The van der Waals surface area contributed by atoms with Crippen LogP contribution in [0.2, 0.25) is 0 Å². The minimum atomic E-state index is -0.955. The van der Waals surface area contributed by atoms with Gasteiger partial charge in [0.1, 0.15) is 12.0 Å². The van der Waals surface area contributed by atoms with Crippen LogP contribution in [0.15, 0.2) is 24.3 Å². The zero-order valence-electron chi connectivity index (χ0n) is 15.8. The first-order valence-electron chi connectivity index (χ1n) is 9.44. The van der Waals surface area contributed by atoms with E-state index in [9.17, 15) is 9.59 Å². The maximum atomic E-state index is 12.9. The molecule has 2 aliphatic heterocycles. The van der Waals surface area contributed by atoms with Crippen molar-refractivity contribution in [1.29, 1.82) is 0 Å². The Kier molecular flexibility index (Phi) is 4.65. The third kappa shape index (κ3) is 2.82. The number of nitrogens with zero attached hydrogens (tertiary/aromatic N) is 2. The first-order valence-corrected chi connectivity index (χ1v) is 9.44. The first-order chi connectivity index (χ1) is 13.1. The molecule has 1 aromatic heterocycles. The summed E-state index contributed by atoms with van der Waals surface area (Å²) in [4.78, 5) is 30.7. The molecule has 144 valence electrons. The Hall–Kier alpha value is -2.38. The maximum absolute atomic E-state index is 12.9. The lowest BCUT2D eigenvalue weighted by atomic mass is 9.87. The molecule has 27 heavy (non-hydrogen) atoms. The molecule has 0 spiro atoms. The quantitative estimate of drug-likeness (QED) is 0.609. The van der Waals surface area contributed by atoms with Crippen LogP contribution in [-0.4, -0.2) is 40.9 Å². The number of benzene rings is 1. The van der Waals surface area contributed by atoms with Crippen molar-refractivity contribution in [2.24, 2.45) is 13.0 Å². The number of para-hydroxylation sites is 1. The number of rotatable bonds is 3. The van der Waals surface area contributed by atoms with Gasteiger partial charge < -0.3 is 14.0 Å². The number of hydrogen-bond donors (Lipinski definition) is 0. The van der Waals surface area contributed by atoms with Crippen LogP contribution in [0.4, 0.5) is 4.79 Å². The lowest BCUT2D eigenvalue weighted by Gasteiger charge is -2.24. The van der Waals surface area contributed by atoms with Crippen LogP contribution < -0.4 is 0 Å². The summed E-state index contributed by atoms with van der Waals surface area (Å²) in [6.45, 7) is 4.54. The molecule has 1 saturated heterocycles. The number of carbonyl (C=O) groups is 2. The van der Waals surface area contributed by atoms with Crippen molar-refractivity contribution < 1.29 is 23.9 Å². The second-order valence-corrected chi connectivity index (χ2v) is 6.96. The summed E-state index contributed by atoms with van der Waals surface area (Å²) in [6, 6.07) is 8.06. The van der Waals surface area contributed by atoms with E-state index in [2.05, 4.69) is 16.7 Å². The molecule has 0 aliphatic carbocycles. The molecule has 4 rings (SSSR count). The van der Waals surface area contributed by atoms with Crippen LogP contribution in [0.5, 0.6) is 0 Å². The van der Waals surface area contributed by atoms with Crippen LogP contribution in [0.3, 0.4) is 0 Å². The first kappa shape index (κ1) is 18.0. The van der Waals surface area contributed by atoms with Gasteiger partial charge in [0.25, 0.3) is 0 Å². The van der Waals surface area contributed by atoms with E-state index in [1.54, 1.807) is 6.92 Å². The molecule has 2 aliphatic rings. The molecule has 1 fully saturated rings. The average Bonchev–Trinajstić information content (AvgIpc) is 3.06. The van der Waals surface area contributed by atoms with Gasteiger partial charge in [-0.25, -0.2) is 4.79 Å². The van der Waals surface area contributed by atoms with E-state index in [4.69, 9.17) is 14.3 Å². The molecule has 0 N–H and O–H groups in total. The van der Waals surface area contributed by atoms with E-state index < -0.39 is 24.1 Å². The highest BCUT2D eigenvalue weighted by Gasteiger charge is 2.52. The normalized spacial score (nSPS) is 26.5. The molecular weight excluding hydrogens is 348 g/mol. The van der Waals surface area contributed by atoms with Crippen molar-refractivity contribution in [3.8, 4) is 0 Å². The van der Waals surface area contributed by atoms with Crippen molar-refractivity contribution >= 4 is 23.0 Å². The minimum absolute atomic E-state index is 0.136. The third-order valence-electron chi connectivity index (χ3n) is 5.61. The molecule has 7 nitrogen and oxygen atoms in total. The van der Waals surface area contributed by atoms with Gasteiger partial charge in [0, 0.05) is 24.5 Å². The van der Waals surface area contributed by atoms with Crippen molar-refractivity contribution in [2.75, 3.05) is 13.2 Å². The van der Waals surface area contributed by atoms with Gasteiger partial charge >= 0.3 is 12.1 Å². The van der Waals surface area contributed by atoms with Gasteiger partial charge in [-0.15, -0.1) is 0 Å². The Morgan fingerprint density at radius 3 is 2.78 bits per heavy atom. The number of hydrogen-bond acceptors (Lipinski definition) is 6. The van der Waals surface area contributed by atoms with Gasteiger partial charge in [0.2, 0.25) is 0 Å². The van der Waals surface area contributed by atoms with Crippen LogP contribution in [0, 0.1) is 5.92 Å². The van der Waals surface area contributed by atoms with Crippen LogP contribution in [-0.2, 0) is 32.6 Å². The molecule has 2 bridgehead atoms. The van der Waals surface area contributed by atoms with Crippen molar-refractivity contribution in [2.45, 2.75) is 38.8 Å². The van der Waals surface area contributed by atoms with E-state index in [1.165, 1.54) is 10.9 Å². The number of aryl methyl sites for hydroxylation is 1. The Morgan fingerprint density at radius 2 is 2.04 bits per heavy atom. The Bertz CT molecular complexity index is 890. The number of ether oxygens (including phenoxy) is 2. The Morgan fingerprint density at radius 1 is 1.26 bits per heavy atom. The van der Waals surface area contributed by atoms with Crippen molar-refractivity contribution in [1.82, 2.24) is 9.63 Å². The van der Waals surface area contributed by atoms with Crippen LogP contribution in [0.25, 0.3) is 10.9 Å². The summed E-state index contributed by atoms with van der Waals surface area (Å²) in [5.41, 5.74) is 3.29. The largest absolute Gasteiger partial charge is 0.516 e. The molecule has 1 aromatic carbocycles. The van der Waals surface area contributed by atoms with Crippen LogP contribution in [0.1, 0.15) is 37.6 Å². The SMILES string of the molecule is CCOC(=O)OC(=O)[C@H]1[C@@H](CC)N2CCc3c(n(C)c4ccccc34)[C@@H]1O2. The summed E-state index contributed by atoms with van der Waals surface area (Å²) in [7, 11) is 1.99. The van der Waals surface area contributed by atoms with Gasteiger partial charge in [-0.2, -0.15) is 5.06 Å². The van der Waals surface area contributed by atoms with Gasteiger partial charge in [-0.3, -0.25) is 9.63 Å². The number of carbonyl (C=O) groups excluding carboxylic acids is 2. The molecule has 1 unspecified atom stereocenters. The second kappa shape index (κ2) is 6.98. The van der Waals surface area contributed by atoms with Gasteiger partial charge in [-0.1, -0.05) is 25.1 Å². The number of hydroxylamine groups is 2. The Labute approximate surface area is 157 Å². The molecule has 3 heterocycles. The van der Waals surface area contributed by atoms with E-state index >= 15 is 0 Å². The van der Waals surface area contributed by atoms with E-state index in [0.717, 1.165) is 24.1 Å². The topological polar surface area (TPSA) is 70.0 Å². The highest BCUT2D eigenvalue weighted by atomic mass is 16.7. The fourth-order valence-electron chi connectivity index (χ4n) is 4.48. The molecule has 7 heteroatoms. The summed E-state index contributed by atoms with van der Waals surface area (Å²) in [6.07, 6.45) is 0.137. The van der Waals surface area contributed by atoms with Gasteiger partial charge in [-0.05, 0) is 31.4 Å². The maximum Gasteiger partial charge on any atom is 0.516 e. The predicted octanol–water partition coefficient (Wildman–Crippen LogP) is 3.12. The predicted molar refractivity (Wildman–Crippen MR) is 97.8 cm³/mol. The molecule has 4 atom stereocenters. The third-order valence-corrected chi connectivity index (χ3v) is 5.61. The highest BCUT2D eigenvalue weighted by molar-refractivity contribution is 5.88. The number of esters is 1. The molecule has 0 saturated carbocycles. The molecular formula is C20H24N2O5. The molecule has 0 amide bonds. The highest BCUT2D eigenvalue weighted by Crippen LogP contribution is 2.46. The fourth-order valence-corrected chi connectivity index (χ4v) is 4.48. The average molecular weight is 372 g/mol. The molecule has 2 aromatic rings. The smallest absolute Gasteiger partial charge is 0.434 e. The minimum Gasteiger partial charge on any atom is -0.434 e. The van der Waals surface area contributed by atoms with E-state index in [-0.39, 0.29) is 12.6 Å². The Balaban J connectivity index is 1.77. The fraction of sp³-hybridized carbons (Fsp3) is 0.500. The summed E-state index contributed by atoms with van der Waals surface area (Å²) in [5, 5.41) is 3.06. The van der Waals surface area contributed by atoms with Crippen molar-refractivity contribution in [3.05, 3.63) is 35.5 Å². The number of aromatic nitrogens is 1. The van der Waals surface area contributed by atoms with Gasteiger partial charge in [0.05, 0.1) is 18.3 Å². The second-order valence-electron chi connectivity index (χ2n) is 6.96. The monoisotopic (exact) mass is 372 g/mol. The van der Waals surface area contributed by atoms with Gasteiger partial charge in [0.15, 0.2) is 0 Å². The summed E-state index contributed by atoms with van der Waals surface area (Å²) >= 11 is 0. The number of fused-ring (bicyclic) bond motifs is 6. The zero-order valence-corrected chi connectivity index (χ0v) is 15.8. The van der Waals surface area contributed by atoms with E-state index in [0.29, 0.717) is 6.54 Å². The van der Waals surface area contributed by atoms with Crippen molar-refractivity contribution in [3.63, 3.8) is 0 Å².